The second kappa shape index (κ2) is 6.35. The van der Waals surface area contributed by atoms with Crippen molar-refractivity contribution >= 4 is 23.5 Å². The second-order valence-electron chi connectivity index (χ2n) is 3.88. The van der Waals surface area contributed by atoms with Gasteiger partial charge in [0.2, 0.25) is 0 Å². The van der Waals surface area contributed by atoms with Crippen LogP contribution < -0.4 is 5.32 Å². The van der Waals surface area contributed by atoms with Gasteiger partial charge in [0.25, 0.3) is 5.91 Å². The van der Waals surface area contributed by atoms with E-state index >= 15 is 0 Å². The van der Waals surface area contributed by atoms with Gasteiger partial charge in [-0.2, -0.15) is 0 Å². The highest BCUT2D eigenvalue weighted by molar-refractivity contribution is 6.33. The molecule has 1 amide bonds. The predicted molar refractivity (Wildman–Crippen MR) is 65.2 cm³/mol. The van der Waals surface area contributed by atoms with Gasteiger partial charge in [-0.15, -0.1) is 0 Å². The van der Waals surface area contributed by atoms with E-state index in [1.54, 1.807) is 0 Å². The molecule has 0 bridgehead atoms. The van der Waals surface area contributed by atoms with Crippen LogP contribution in [0, 0.1) is 11.7 Å². The smallest absolute Gasteiger partial charge is 0.306 e. The van der Waals surface area contributed by atoms with Crippen molar-refractivity contribution in [2.45, 2.75) is 13.3 Å². The zero-order valence-electron chi connectivity index (χ0n) is 9.74. The fourth-order valence-electron chi connectivity index (χ4n) is 1.33. The normalized spacial score (nSPS) is 11.9. The number of carboxylic acids is 1. The summed E-state index contributed by atoms with van der Waals surface area (Å²) in [5, 5.41) is 11.1. The van der Waals surface area contributed by atoms with Crippen LogP contribution in [0.3, 0.4) is 0 Å². The Balaban J connectivity index is 2.59. The van der Waals surface area contributed by atoms with Crippen molar-refractivity contribution in [1.29, 1.82) is 0 Å². The fourth-order valence-corrected chi connectivity index (χ4v) is 1.58. The molecule has 1 aromatic carbocycles. The van der Waals surface area contributed by atoms with Gasteiger partial charge in [-0.1, -0.05) is 24.6 Å². The maximum atomic E-state index is 13.4. The highest BCUT2D eigenvalue weighted by atomic mass is 35.5. The maximum Gasteiger partial charge on any atom is 0.306 e. The summed E-state index contributed by atoms with van der Waals surface area (Å²) in [5.41, 5.74) is -0.220. The first-order chi connectivity index (χ1) is 8.43. The molecule has 0 saturated heterocycles. The van der Waals surface area contributed by atoms with Gasteiger partial charge in [0.05, 0.1) is 16.5 Å². The summed E-state index contributed by atoms with van der Waals surface area (Å²) in [6.45, 7) is 1.68. The van der Waals surface area contributed by atoms with Crippen LogP contribution in [0.4, 0.5) is 4.39 Å². The minimum absolute atomic E-state index is 0.0267. The van der Waals surface area contributed by atoms with Gasteiger partial charge in [-0.3, -0.25) is 9.59 Å². The fraction of sp³-hybridized carbons (Fsp3) is 0.333. The number of carboxylic acid groups (broad SMARTS) is 1. The lowest BCUT2D eigenvalue weighted by molar-refractivity contribution is -0.141. The number of aliphatic carboxylic acids is 1. The number of benzene rings is 1. The standard InChI is InChI=1S/C12H13ClFNO3/c1-7(12(17)18)5-6-15-11(16)10-8(13)3-2-4-9(10)14/h2-4,7H,5-6H2,1H3,(H,15,16)(H,17,18). The Morgan fingerprint density at radius 3 is 2.72 bits per heavy atom. The summed E-state index contributed by atoms with van der Waals surface area (Å²) < 4.78 is 13.4. The van der Waals surface area contributed by atoms with E-state index in [1.807, 2.05) is 0 Å². The van der Waals surface area contributed by atoms with Gasteiger partial charge in [0.1, 0.15) is 5.82 Å². The highest BCUT2D eigenvalue weighted by Crippen LogP contribution is 2.18. The van der Waals surface area contributed by atoms with Gasteiger partial charge < -0.3 is 10.4 Å². The van der Waals surface area contributed by atoms with Gasteiger partial charge in [-0.05, 0) is 18.6 Å². The lowest BCUT2D eigenvalue weighted by Crippen LogP contribution is -2.28. The Labute approximate surface area is 109 Å². The molecular weight excluding hydrogens is 261 g/mol. The van der Waals surface area contributed by atoms with Crippen molar-refractivity contribution in [3.63, 3.8) is 0 Å². The number of carbonyl (C=O) groups is 2. The molecule has 0 fully saturated rings. The summed E-state index contributed by atoms with van der Waals surface area (Å²) in [4.78, 5) is 22.2. The number of hydrogen-bond acceptors (Lipinski definition) is 2. The Morgan fingerprint density at radius 2 is 2.17 bits per heavy atom. The van der Waals surface area contributed by atoms with E-state index in [0.29, 0.717) is 0 Å². The molecule has 0 heterocycles. The first kappa shape index (κ1) is 14.4. The van der Waals surface area contributed by atoms with Crippen molar-refractivity contribution in [3.8, 4) is 0 Å². The zero-order chi connectivity index (χ0) is 13.7. The van der Waals surface area contributed by atoms with Crippen molar-refractivity contribution in [2.24, 2.45) is 5.92 Å². The maximum absolute atomic E-state index is 13.4. The summed E-state index contributed by atoms with van der Waals surface area (Å²) in [6.07, 6.45) is 0.271. The van der Waals surface area contributed by atoms with Gasteiger partial charge in [0.15, 0.2) is 0 Å². The average Bonchev–Trinajstić information content (AvgIpc) is 2.28. The molecule has 0 aliphatic rings. The summed E-state index contributed by atoms with van der Waals surface area (Å²) in [6, 6.07) is 3.96. The number of amides is 1. The molecule has 0 spiro atoms. The molecule has 0 aliphatic heterocycles. The van der Waals surface area contributed by atoms with E-state index in [9.17, 15) is 14.0 Å². The second-order valence-corrected chi connectivity index (χ2v) is 4.29. The number of hydrogen-bond donors (Lipinski definition) is 2. The van der Waals surface area contributed by atoms with Crippen LogP contribution >= 0.6 is 11.6 Å². The van der Waals surface area contributed by atoms with Gasteiger partial charge in [0, 0.05) is 6.54 Å². The van der Waals surface area contributed by atoms with Gasteiger partial charge in [-0.25, -0.2) is 4.39 Å². The zero-order valence-corrected chi connectivity index (χ0v) is 10.5. The molecule has 6 heteroatoms. The SMILES string of the molecule is CC(CCNC(=O)c1c(F)cccc1Cl)C(=O)O. The van der Waals surface area contributed by atoms with Crippen molar-refractivity contribution in [2.75, 3.05) is 6.54 Å². The molecule has 18 heavy (non-hydrogen) atoms. The number of nitrogens with one attached hydrogen (secondary N) is 1. The molecule has 4 nitrogen and oxygen atoms in total. The Kier molecular flexibility index (Phi) is 5.09. The first-order valence-electron chi connectivity index (χ1n) is 5.38. The van der Waals surface area contributed by atoms with Crippen molar-refractivity contribution in [3.05, 3.63) is 34.6 Å². The Morgan fingerprint density at radius 1 is 1.50 bits per heavy atom. The molecule has 1 atom stereocenters. The van der Waals surface area contributed by atoms with Gasteiger partial charge >= 0.3 is 5.97 Å². The van der Waals surface area contributed by atoms with E-state index < -0.39 is 23.6 Å². The molecule has 0 radical (unpaired) electrons. The van der Waals surface area contributed by atoms with Crippen LogP contribution in [0.5, 0.6) is 0 Å². The minimum Gasteiger partial charge on any atom is -0.481 e. The molecule has 1 aromatic rings. The third-order valence-electron chi connectivity index (χ3n) is 2.47. The quantitative estimate of drug-likeness (QED) is 0.865. The monoisotopic (exact) mass is 273 g/mol. The predicted octanol–water partition coefficient (Wildman–Crippen LogP) is 2.32. The molecule has 1 unspecified atom stereocenters. The van der Waals surface area contributed by atoms with Crippen LogP contribution in [0.2, 0.25) is 5.02 Å². The van der Waals surface area contributed by atoms with Crippen molar-refractivity contribution in [1.82, 2.24) is 5.32 Å². The molecule has 98 valence electrons. The Hall–Kier alpha value is -1.62. The first-order valence-corrected chi connectivity index (χ1v) is 5.76. The molecule has 2 N–H and O–H groups in total. The lowest BCUT2D eigenvalue weighted by Gasteiger charge is -2.09. The summed E-state index contributed by atoms with van der Waals surface area (Å²) in [5.74, 6) is -2.85. The van der Waals surface area contributed by atoms with Crippen LogP contribution in [-0.4, -0.2) is 23.5 Å². The van der Waals surface area contributed by atoms with Crippen LogP contribution in [0.1, 0.15) is 23.7 Å². The highest BCUT2D eigenvalue weighted by Gasteiger charge is 2.16. The van der Waals surface area contributed by atoms with Crippen molar-refractivity contribution < 1.29 is 19.1 Å². The van der Waals surface area contributed by atoms with E-state index in [4.69, 9.17) is 16.7 Å². The van der Waals surface area contributed by atoms with Crippen LogP contribution in [0.15, 0.2) is 18.2 Å². The van der Waals surface area contributed by atoms with E-state index in [2.05, 4.69) is 5.32 Å². The van der Waals surface area contributed by atoms with E-state index in [1.165, 1.54) is 19.1 Å². The third kappa shape index (κ3) is 3.70. The van der Waals surface area contributed by atoms with E-state index in [-0.39, 0.29) is 23.6 Å². The van der Waals surface area contributed by atoms with Crippen LogP contribution in [0.25, 0.3) is 0 Å². The van der Waals surface area contributed by atoms with E-state index in [0.717, 1.165) is 6.07 Å². The number of halogens is 2. The molecular formula is C12H13ClFNO3. The Bertz CT molecular complexity index is 444. The summed E-state index contributed by atoms with van der Waals surface area (Å²) >= 11 is 5.72. The molecule has 0 saturated carbocycles. The average molecular weight is 274 g/mol. The largest absolute Gasteiger partial charge is 0.481 e. The summed E-state index contributed by atoms with van der Waals surface area (Å²) in [7, 11) is 0. The topological polar surface area (TPSA) is 66.4 Å². The molecule has 1 rings (SSSR count). The number of carbonyl (C=O) groups excluding carboxylic acids is 1. The molecule has 0 aromatic heterocycles. The number of rotatable bonds is 5. The lowest BCUT2D eigenvalue weighted by atomic mass is 10.1. The molecule has 0 aliphatic carbocycles. The van der Waals surface area contributed by atoms with Crippen LogP contribution in [-0.2, 0) is 4.79 Å². The minimum atomic E-state index is -0.937. The third-order valence-corrected chi connectivity index (χ3v) is 2.79.